The molecule has 0 fully saturated rings. The molecule has 0 unspecified atom stereocenters. The Hall–Kier alpha value is -1.97. The fourth-order valence-electron chi connectivity index (χ4n) is 3.19. The monoisotopic (exact) mass is 331 g/mol. The van der Waals surface area contributed by atoms with Crippen molar-refractivity contribution in [3.05, 3.63) is 64.7 Å². The van der Waals surface area contributed by atoms with Gasteiger partial charge in [-0.15, -0.1) is 12.4 Å². The Balaban J connectivity index is 0.00000192. The summed E-state index contributed by atoms with van der Waals surface area (Å²) < 4.78 is 0. The number of nitrogens with zero attached hydrogens (tertiary/aromatic N) is 1. The highest BCUT2D eigenvalue weighted by Gasteiger charge is 2.21. The summed E-state index contributed by atoms with van der Waals surface area (Å²) in [5.74, 6) is 0.588. The SMILES string of the molecule is CN(C)CC1=C(c2cccc(O)c2)c2ccc(O)cc2CC1.Cl. The molecule has 1 aliphatic carbocycles. The van der Waals surface area contributed by atoms with Crippen LogP contribution in [0.1, 0.15) is 23.1 Å². The van der Waals surface area contributed by atoms with Crippen molar-refractivity contribution < 1.29 is 10.2 Å². The van der Waals surface area contributed by atoms with Crippen LogP contribution in [0.4, 0.5) is 0 Å². The van der Waals surface area contributed by atoms with Gasteiger partial charge in [0.25, 0.3) is 0 Å². The lowest BCUT2D eigenvalue weighted by atomic mass is 9.82. The lowest BCUT2D eigenvalue weighted by molar-refractivity contribution is 0.439. The standard InChI is InChI=1S/C19H21NO2.ClH/c1-20(2)12-15-7-6-13-10-17(22)8-9-18(13)19(15)14-4-3-5-16(21)11-14;/h3-5,8-11,21-22H,6-7,12H2,1-2H3;1H. The Morgan fingerprint density at radius 3 is 2.39 bits per heavy atom. The van der Waals surface area contributed by atoms with E-state index in [0.717, 1.165) is 30.5 Å². The predicted octanol–water partition coefficient (Wildman–Crippen LogP) is 3.83. The van der Waals surface area contributed by atoms with Gasteiger partial charge in [-0.25, -0.2) is 0 Å². The van der Waals surface area contributed by atoms with Gasteiger partial charge in [0.15, 0.2) is 0 Å². The summed E-state index contributed by atoms with van der Waals surface area (Å²) in [6.45, 7) is 0.894. The zero-order valence-electron chi connectivity index (χ0n) is 13.4. The van der Waals surface area contributed by atoms with Crippen LogP contribution in [0.2, 0.25) is 0 Å². The Morgan fingerprint density at radius 2 is 1.70 bits per heavy atom. The molecule has 0 atom stereocenters. The van der Waals surface area contributed by atoms with E-state index in [1.54, 1.807) is 12.1 Å². The molecule has 122 valence electrons. The predicted molar refractivity (Wildman–Crippen MR) is 96.4 cm³/mol. The van der Waals surface area contributed by atoms with Crippen LogP contribution in [0.5, 0.6) is 11.5 Å². The molecule has 0 aromatic heterocycles. The van der Waals surface area contributed by atoms with Gasteiger partial charge in [0.1, 0.15) is 11.5 Å². The molecule has 0 saturated carbocycles. The van der Waals surface area contributed by atoms with Gasteiger partial charge in [-0.3, -0.25) is 0 Å². The summed E-state index contributed by atoms with van der Waals surface area (Å²) in [5.41, 5.74) is 5.91. The molecule has 3 nitrogen and oxygen atoms in total. The topological polar surface area (TPSA) is 43.7 Å². The van der Waals surface area contributed by atoms with E-state index in [9.17, 15) is 10.2 Å². The van der Waals surface area contributed by atoms with Crippen LogP contribution >= 0.6 is 12.4 Å². The van der Waals surface area contributed by atoms with Gasteiger partial charge in [0, 0.05) is 6.54 Å². The van der Waals surface area contributed by atoms with E-state index in [1.807, 2.05) is 30.3 Å². The molecule has 0 saturated heterocycles. The maximum absolute atomic E-state index is 9.83. The van der Waals surface area contributed by atoms with E-state index in [-0.39, 0.29) is 18.2 Å². The van der Waals surface area contributed by atoms with Crippen molar-refractivity contribution in [3.8, 4) is 11.5 Å². The number of likely N-dealkylation sites (N-methyl/N-ethyl adjacent to an activating group) is 1. The number of aromatic hydroxyl groups is 2. The minimum Gasteiger partial charge on any atom is -0.508 e. The van der Waals surface area contributed by atoms with Crippen molar-refractivity contribution in [2.24, 2.45) is 0 Å². The molecule has 4 heteroatoms. The second-order valence-corrected chi connectivity index (χ2v) is 6.11. The Kier molecular flexibility index (Phi) is 5.34. The van der Waals surface area contributed by atoms with Gasteiger partial charge in [-0.1, -0.05) is 18.2 Å². The maximum atomic E-state index is 9.83. The van der Waals surface area contributed by atoms with Crippen LogP contribution in [0.3, 0.4) is 0 Å². The summed E-state index contributed by atoms with van der Waals surface area (Å²) in [7, 11) is 4.14. The lowest BCUT2D eigenvalue weighted by Crippen LogP contribution is -2.19. The summed E-state index contributed by atoms with van der Waals surface area (Å²) in [6.07, 6.45) is 1.91. The number of rotatable bonds is 3. The molecule has 0 bridgehead atoms. The van der Waals surface area contributed by atoms with Crippen molar-refractivity contribution in [2.45, 2.75) is 12.8 Å². The maximum Gasteiger partial charge on any atom is 0.116 e. The molecule has 3 rings (SSSR count). The third kappa shape index (κ3) is 3.69. The van der Waals surface area contributed by atoms with E-state index in [4.69, 9.17) is 0 Å². The van der Waals surface area contributed by atoms with Gasteiger partial charge in [-0.05, 0) is 79.0 Å². The van der Waals surface area contributed by atoms with E-state index in [2.05, 4.69) is 19.0 Å². The van der Waals surface area contributed by atoms with Gasteiger partial charge in [0.2, 0.25) is 0 Å². The van der Waals surface area contributed by atoms with Crippen molar-refractivity contribution in [2.75, 3.05) is 20.6 Å². The highest BCUT2D eigenvalue weighted by Crippen LogP contribution is 2.38. The zero-order valence-corrected chi connectivity index (χ0v) is 14.2. The summed E-state index contributed by atoms with van der Waals surface area (Å²) in [5, 5.41) is 19.6. The Bertz CT molecular complexity index is 738. The van der Waals surface area contributed by atoms with Gasteiger partial charge in [-0.2, -0.15) is 0 Å². The average Bonchev–Trinajstić information content (AvgIpc) is 2.46. The quantitative estimate of drug-likeness (QED) is 0.898. The first-order valence-corrected chi connectivity index (χ1v) is 7.53. The van der Waals surface area contributed by atoms with Crippen molar-refractivity contribution in [1.29, 1.82) is 0 Å². The first-order valence-electron chi connectivity index (χ1n) is 7.53. The minimum atomic E-state index is 0. The molecular formula is C19H22ClNO2. The molecule has 2 aromatic carbocycles. The van der Waals surface area contributed by atoms with Gasteiger partial charge in [0.05, 0.1) is 0 Å². The Morgan fingerprint density at radius 1 is 0.957 bits per heavy atom. The second kappa shape index (κ2) is 7.07. The molecule has 2 aromatic rings. The number of phenolic OH excluding ortho intramolecular Hbond substituents is 2. The highest BCUT2D eigenvalue weighted by atomic mass is 35.5. The number of phenols is 2. The van der Waals surface area contributed by atoms with E-state index in [0.29, 0.717) is 5.75 Å². The third-order valence-electron chi connectivity index (χ3n) is 4.05. The minimum absolute atomic E-state index is 0. The Labute approximate surface area is 143 Å². The number of hydrogen-bond acceptors (Lipinski definition) is 3. The van der Waals surface area contributed by atoms with Crippen LogP contribution in [0.15, 0.2) is 48.0 Å². The number of halogens is 1. The first kappa shape index (κ1) is 17.4. The zero-order chi connectivity index (χ0) is 15.7. The first-order chi connectivity index (χ1) is 10.5. The number of hydrogen-bond donors (Lipinski definition) is 2. The normalized spacial score (nSPS) is 13.7. The number of benzene rings is 2. The van der Waals surface area contributed by atoms with Crippen LogP contribution in [-0.4, -0.2) is 35.8 Å². The third-order valence-corrected chi connectivity index (χ3v) is 4.05. The van der Waals surface area contributed by atoms with Crippen LogP contribution < -0.4 is 0 Å². The molecule has 0 spiro atoms. The molecular weight excluding hydrogens is 310 g/mol. The van der Waals surface area contributed by atoms with Gasteiger partial charge < -0.3 is 15.1 Å². The van der Waals surface area contributed by atoms with Gasteiger partial charge >= 0.3 is 0 Å². The summed E-state index contributed by atoms with van der Waals surface area (Å²) >= 11 is 0. The second-order valence-electron chi connectivity index (χ2n) is 6.11. The van der Waals surface area contributed by atoms with Crippen LogP contribution in [0, 0.1) is 0 Å². The van der Waals surface area contributed by atoms with E-state index in [1.165, 1.54) is 16.7 Å². The highest BCUT2D eigenvalue weighted by molar-refractivity contribution is 5.86. The van der Waals surface area contributed by atoms with Crippen LogP contribution in [-0.2, 0) is 6.42 Å². The van der Waals surface area contributed by atoms with Crippen LogP contribution in [0.25, 0.3) is 5.57 Å². The summed E-state index contributed by atoms with van der Waals surface area (Å²) in [6, 6.07) is 13.0. The lowest BCUT2D eigenvalue weighted by Gasteiger charge is -2.26. The number of fused-ring (bicyclic) bond motifs is 1. The fraction of sp³-hybridized carbons (Fsp3) is 0.263. The average molecular weight is 332 g/mol. The smallest absolute Gasteiger partial charge is 0.116 e. The molecule has 0 radical (unpaired) electrons. The molecule has 1 aliphatic rings. The molecule has 2 N–H and O–H groups in total. The van der Waals surface area contributed by atoms with Crippen molar-refractivity contribution in [3.63, 3.8) is 0 Å². The molecule has 0 amide bonds. The van der Waals surface area contributed by atoms with Crippen molar-refractivity contribution >= 4 is 18.0 Å². The fourth-order valence-corrected chi connectivity index (χ4v) is 3.19. The van der Waals surface area contributed by atoms with E-state index < -0.39 is 0 Å². The molecule has 0 aliphatic heterocycles. The molecule has 0 heterocycles. The van der Waals surface area contributed by atoms with Crippen molar-refractivity contribution in [1.82, 2.24) is 4.90 Å². The molecule has 23 heavy (non-hydrogen) atoms. The largest absolute Gasteiger partial charge is 0.508 e. The van der Waals surface area contributed by atoms with E-state index >= 15 is 0 Å². The summed E-state index contributed by atoms with van der Waals surface area (Å²) in [4.78, 5) is 2.17. The number of aryl methyl sites for hydroxylation is 1.